The van der Waals surface area contributed by atoms with E-state index in [2.05, 4.69) is 20.8 Å². The zero-order chi connectivity index (χ0) is 19.3. The van der Waals surface area contributed by atoms with E-state index in [1.807, 2.05) is 12.1 Å². The van der Waals surface area contributed by atoms with Crippen molar-refractivity contribution in [3.8, 4) is 22.6 Å². The molecule has 0 spiro atoms. The van der Waals surface area contributed by atoms with Crippen molar-refractivity contribution < 1.29 is 9.84 Å². The SMILES string of the molecule is CCCCCCC(C)(C)c1cc(O)c(-c2cc(Cl)cc(Cl)c2)c(OC)c1. The first-order valence-corrected chi connectivity index (χ1v) is 9.92. The van der Waals surface area contributed by atoms with Gasteiger partial charge in [0, 0.05) is 10.0 Å². The zero-order valence-corrected chi connectivity index (χ0v) is 17.5. The molecule has 2 nitrogen and oxygen atoms in total. The highest BCUT2D eigenvalue weighted by Gasteiger charge is 2.24. The first-order chi connectivity index (χ1) is 12.3. The molecule has 0 aliphatic carbocycles. The van der Waals surface area contributed by atoms with Crippen LogP contribution in [0.25, 0.3) is 11.1 Å². The predicted molar refractivity (Wildman–Crippen MR) is 112 cm³/mol. The Labute approximate surface area is 167 Å². The summed E-state index contributed by atoms with van der Waals surface area (Å²) in [4.78, 5) is 0. The van der Waals surface area contributed by atoms with Crippen LogP contribution >= 0.6 is 23.2 Å². The van der Waals surface area contributed by atoms with Gasteiger partial charge in [0.25, 0.3) is 0 Å². The average Bonchev–Trinajstić information content (AvgIpc) is 2.57. The van der Waals surface area contributed by atoms with E-state index >= 15 is 0 Å². The van der Waals surface area contributed by atoms with Crippen LogP contribution in [0.15, 0.2) is 30.3 Å². The Bertz CT molecular complexity index is 734. The first-order valence-electron chi connectivity index (χ1n) is 9.16. The van der Waals surface area contributed by atoms with E-state index in [0.717, 1.165) is 17.5 Å². The summed E-state index contributed by atoms with van der Waals surface area (Å²) in [6, 6.07) is 9.08. The van der Waals surface area contributed by atoms with Gasteiger partial charge in [-0.3, -0.25) is 0 Å². The lowest BCUT2D eigenvalue weighted by Crippen LogP contribution is -2.17. The molecule has 0 unspecified atom stereocenters. The number of ether oxygens (including phenoxy) is 1. The highest BCUT2D eigenvalue weighted by atomic mass is 35.5. The molecule has 0 bridgehead atoms. The molecule has 0 heterocycles. The second-order valence-corrected chi connectivity index (χ2v) is 8.30. The summed E-state index contributed by atoms with van der Waals surface area (Å²) in [5.41, 5.74) is 2.38. The summed E-state index contributed by atoms with van der Waals surface area (Å²) in [7, 11) is 1.61. The summed E-state index contributed by atoms with van der Waals surface area (Å²) in [6.45, 7) is 6.64. The van der Waals surface area contributed by atoms with Crippen LogP contribution in [0.3, 0.4) is 0 Å². The van der Waals surface area contributed by atoms with E-state index in [4.69, 9.17) is 27.9 Å². The fourth-order valence-electron chi connectivity index (χ4n) is 3.28. The molecule has 1 N–H and O–H groups in total. The minimum Gasteiger partial charge on any atom is -0.507 e. The van der Waals surface area contributed by atoms with Crippen LogP contribution in [0.2, 0.25) is 10.0 Å². The minimum absolute atomic E-state index is 0.0387. The van der Waals surface area contributed by atoms with Gasteiger partial charge in [-0.25, -0.2) is 0 Å². The van der Waals surface area contributed by atoms with Gasteiger partial charge in [-0.1, -0.05) is 69.7 Å². The van der Waals surface area contributed by atoms with Crippen molar-refractivity contribution in [3.05, 3.63) is 45.9 Å². The van der Waals surface area contributed by atoms with Crippen LogP contribution in [0.1, 0.15) is 58.4 Å². The molecule has 0 saturated heterocycles. The maximum atomic E-state index is 10.7. The molecule has 0 aliphatic heterocycles. The third-order valence-corrected chi connectivity index (χ3v) is 5.33. The van der Waals surface area contributed by atoms with Crippen molar-refractivity contribution in [2.45, 2.75) is 58.3 Å². The molecule has 0 fully saturated rings. The van der Waals surface area contributed by atoms with Crippen molar-refractivity contribution in [1.29, 1.82) is 0 Å². The van der Waals surface area contributed by atoms with Crippen LogP contribution in [0.5, 0.6) is 11.5 Å². The Balaban J connectivity index is 2.40. The third kappa shape index (κ3) is 5.08. The summed E-state index contributed by atoms with van der Waals surface area (Å²) >= 11 is 12.3. The van der Waals surface area contributed by atoms with Gasteiger partial charge in [0.05, 0.1) is 12.7 Å². The quantitative estimate of drug-likeness (QED) is 0.466. The maximum absolute atomic E-state index is 10.7. The summed E-state index contributed by atoms with van der Waals surface area (Å²) < 4.78 is 5.59. The highest BCUT2D eigenvalue weighted by molar-refractivity contribution is 6.35. The molecule has 0 radical (unpaired) electrons. The Kier molecular flexibility index (Phi) is 7.25. The number of phenols is 1. The fourth-order valence-corrected chi connectivity index (χ4v) is 3.80. The van der Waals surface area contributed by atoms with Gasteiger partial charge in [0.15, 0.2) is 0 Å². The van der Waals surface area contributed by atoms with E-state index in [1.165, 1.54) is 25.7 Å². The molecule has 4 heteroatoms. The van der Waals surface area contributed by atoms with E-state index in [1.54, 1.807) is 25.3 Å². The van der Waals surface area contributed by atoms with Crippen molar-refractivity contribution in [1.82, 2.24) is 0 Å². The molecule has 0 amide bonds. The van der Waals surface area contributed by atoms with Crippen molar-refractivity contribution in [2.75, 3.05) is 7.11 Å². The minimum atomic E-state index is -0.0387. The molecule has 26 heavy (non-hydrogen) atoms. The van der Waals surface area contributed by atoms with Gasteiger partial charge in [-0.15, -0.1) is 0 Å². The summed E-state index contributed by atoms with van der Waals surface area (Å²) in [6.07, 6.45) is 5.97. The molecule has 0 aromatic heterocycles. The molecular weight excluding hydrogens is 367 g/mol. The monoisotopic (exact) mass is 394 g/mol. The maximum Gasteiger partial charge on any atom is 0.130 e. The predicted octanol–water partition coefficient (Wildman–Crippen LogP) is 7.62. The lowest BCUT2D eigenvalue weighted by Gasteiger charge is -2.27. The Hall–Kier alpha value is -1.38. The van der Waals surface area contributed by atoms with Crippen LogP contribution in [0.4, 0.5) is 0 Å². The number of phenolic OH excluding ortho intramolecular Hbond substituents is 1. The van der Waals surface area contributed by atoms with Crippen molar-refractivity contribution in [2.24, 2.45) is 0 Å². The molecule has 2 rings (SSSR count). The third-order valence-electron chi connectivity index (χ3n) is 4.89. The first kappa shape index (κ1) is 20.9. The Morgan fingerprint density at radius 1 is 0.962 bits per heavy atom. The second-order valence-electron chi connectivity index (χ2n) is 7.43. The number of methoxy groups -OCH3 is 1. The summed E-state index contributed by atoms with van der Waals surface area (Å²) in [5.74, 6) is 0.805. The number of aromatic hydroxyl groups is 1. The van der Waals surface area contributed by atoms with Gasteiger partial charge in [-0.05, 0) is 53.3 Å². The van der Waals surface area contributed by atoms with E-state index < -0.39 is 0 Å². The molecule has 0 atom stereocenters. The van der Waals surface area contributed by atoms with E-state index in [0.29, 0.717) is 21.4 Å². The fraction of sp³-hybridized carbons (Fsp3) is 0.455. The molecule has 2 aromatic carbocycles. The van der Waals surface area contributed by atoms with Gasteiger partial charge >= 0.3 is 0 Å². The van der Waals surface area contributed by atoms with Crippen LogP contribution in [-0.4, -0.2) is 12.2 Å². The second kappa shape index (κ2) is 9.01. The van der Waals surface area contributed by atoms with Crippen LogP contribution in [0, 0.1) is 0 Å². The zero-order valence-electron chi connectivity index (χ0n) is 16.0. The molecule has 0 aliphatic rings. The largest absolute Gasteiger partial charge is 0.507 e. The average molecular weight is 395 g/mol. The van der Waals surface area contributed by atoms with Crippen molar-refractivity contribution >= 4 is 23.2 Å². The van der Waals surface area contributed by atoms with E-state index in [-0.39, 0.29) is 11.2 Å². The Morgan fingerprint density at radius 3 is 2.19 bits per heavy atom. The molecular formula is C22H28Cl2O2. The van der Waals surface area contributed by atoms with Crippen LogP contribution in [-0.2, 0) is 5.41 Å². The molecule has 142 valence electrons. The topological polar surface area (TPSA) is 29.5 Å². The number of halogens is 2. The Morgan fingerprint density at radius 2 is 1.62 bits per heavy atom. The van der Waals surface area contributed by atoms with Gasteiger partial charge in [0.2, 0.25) is 0 Å². The number of rotatable bonds is 8. The van der Waals surface area contributed by atoms with E-state index in [9.17, 15) is 5.11 Å². The number of hydrogen-bond acceptors (Lipinski definition) is 2. The number of unbranched alkanes of at least 4 members (excludes halogenated alkanes) is 3. The molecule has 0 saturated carbocycles. The smallest absolute Gasteiger partial charge is 0.130 e. The number of benzene rings is 2. The van der Waals surface area contributed by atoms with Gasteiger partial charge in [-0.2, -0.15) is 0 Å². The van der Waals surface area contributed by atoms with Crippen LogP contribution < -0.4 is 4.74 Å². The lowest BCUT2D eigenvalue weighted by molar-refractivity contribution is 0.401. The highest BCUT2D eigenvalue weighted by Crippen LogP contribution is 2.44. The van der Waals surface area contributed by atoms with Gasteiger partial charge in [0.1, 0.15) is 11.5 Å². The normalized spacial score (nSPS) is 11.6. The standard InChI is InChI=1S/C22H28Cl2O2/c1-5-6-7-8-9-22(2,3)16-12-19(25)21(20(13-16)26-4)15-10-17(23)14-18(24)11-15/h10-14,25H,5-9H2,1-4H3. The van der Waals surface area contributed by atoms with Crippen molar-refractivity contribution in [3.63, 3.8) is 0 Å². The number of hydrogen-bond donors (Lipinski definition) is 1. The lowest BCUT2D eigenvalue weighted by atomic mass is 9.79. The van der Waals surface area contributed by atoms with Gasteiger partial charge < -0.3 is 9.84 Å². The summed E-state index contributed by atoms with van der Waals surface area (Å²) in [5, 5.41) is 11.8. The molecule has 2 aromatic rings.